The summed E-state index contributed by atoms with van der Waals surface area (Å²) in [7, 11) is 1.62. The van der Waals surface area contributed by atoms with Gasteiger partial charge in [0.05, 0.1) is 24.0 Å². The summed E-state index contributed by atoms with van der Waals surface area (Å²) < 4.78 is 37.8. The van der Waals surface area contributed by atoms with E-state index in [9.17, 15) is 13.2 Å². The van der Waals surface area contributed by atoms with E-state index in [2.05, 4.69) is 25.6 Å². The minimum absolute atomic E-state index is 0.352. The molecule has 2 aromatic carbocycles. The van der Waals surface area contributed by atoms with Crippen molar-refractivity contribution < 1.29 is 13.2 Å². The zero-order valence-corrected chi connectivity index (χ0v) is 15.2. The zero-order valence-electron chi connectivity index (χ0n) is 15.2. The molecule has 8 heteroatoms. The molecule has 0 spiro atoms. The second kappa shape index (κ2) is 8.60. The number of hydrogen-bond acceptors (Lipinski definition) is 2. The Bertz CT molecular complexity index is 915. The van der Waals surface area contributed by atoms with Gasteiger partial charge in [-0.05, 0) is 23.3 Å². The van der Waals surface area contributed by atoms with Crippen LogP contribution in [0.25, 0.3) is 11.3 Å². The Hall–Kier alpha value is -3.29. The van der Waals surface area contributed by atoms with E-state index in [-0.39, 0.29) is 0 Å². The van der Waals surface area contributed by atoms with Crippen molar-refractivity contribution in [2.75, 3.05) is 7.05 Å². The summed E-state index contributed by atoms with van der Waals surface area (Å²) in [5.74, 6) is 1.27. The van der Waals surface area contributed by atoms with Crippen molar-refractivity contribution in [2.45, 2.75) is 19.3 Å². The molecule has 0 bridgehead atoms. The molecule has 1 aromatic heterocycles. The van der Waals surface area contributed by atoms with Crippen molar-refractivity contribution >= 4 is 5.96 Å². The van der Waals surface area contributed by atoms with Crippen molar-refractivity contribution in [3.8, 4) is 11.3 Å². The monoisotopic (exact) mass is 387 g/mol. The fourth-order valence-electron chi connectivity index (χ4n) is 2.60. The summed E-state index contributed by atoms with van der Waals surface area (Å²) in [6.45, 7) is 0.782. The number of halogens is 3. The van der Waals surface area contributed by atoms with Gasteiger partial charge in [-0.15, -0.1) is 0 Å². The summed E-state index contributed by atoms with van der Waals surface area (Å²) >= 11 is 0. The third-order valence-corrected chi connectivity index (χ3v) is 4.10. The first-order chi connectivity index (χ1) is 13.5. The molecule has 28 heavy (non-hydrogen) atoms. The minimum Gasteiger partial charge on any atom is -0.352 e. The van der Waals surface area contributed by atoms with Crippen LogP contribution in [-0.4, -0.2) is 23.0 Å². The van der Waals surface area contributed by atoms with Crippen molar-refractivity contribution in [3.63, 3.8) is 0 Å². The summed E-state index contributed by atoms with van der Waals surface area (Å²) in [4.78, 5) is 11.7. The number of aromatic nitrogens is 2. The van der Waals surface area contributed by atoms with Gasteiger partial charge >= 0.3 is 6.18 Å². The number of H-pyrrole nitrogens is 1. The molecule has 0 amide bonds. The molecule has 0 atom stereocenters. The highest BCUT2D eigenvalue weighted by Crippen LogP contribution is 2.29. The molecule has 0 aliphatic rings. The molecular formula is C20H20F3N5. The van der Waals surface area contributed by atoms with Crippen LogP contribution in [0.5, 0.6) is 0 Å². The largest absolute Gasteiger partial charge is 0.416 e. The Morgan fingerprint density at radius 2 is 1.68 bits per heavy atom. The number of aliphatic imine (C=N–C) groups is 1. The Morgan fingerprint density at radius 1 is 1.00 bits per heavy atom. The van der Waals surface area contributed by atoms with Gasteiger partial charge in [0.25, 0.3) is 0 Å². The maximum absolute atomic E-state index is 12.6. The van der Waals surface area contributed by atoms with Crippen molar-refractivity contribution in [3.05, 3.63) is 77.7 Å². The molecule has 0 saturated heterocycles. The van der Waals surface area contributed by atoms with Crippen LogP contribution >= 0.6 is 0 Å². The molecule has 0 aliphatic carbocycles. The van der Waals surface area contributed by atoms with Crippen LogP contribution in [0.2, 0.25) is 0 Å². The van der Waals surface area contributed by atoms with E-state index in [0.717, 1.165) is 34.8 Å². The van der Waals surface area contributed by atoms with E-state index in [1.807, 2.05) is 30.3 Å². The van der Waals surface area contributed by atoms with Gasteiger partial charge in [0.2, 0.25) is 0 Å². The van der Waals surface area contributed by atoms with Crippen LogP contribution in [0.4, 0.5) is 13.2 Å². The third-order valence-electron chi connectivity index (χ3n) is 4.10. The second-order valence-electron chi connectivity index (χ2n) is 6.08. The Kier molecular flexibility index (Phi) is 5.98. The lowest BCUT2D eigenvalue weighted by Gasteiger charge is -2.12. The fraction of sp³-hybridized carbons (Fsp3) is 0.200. The first-order valence-corrected chi connectivity index (χ1v) is 8.65. The predicted octanol–water partition coefficient (Wildman–Crippen LogP) is 3.96. The Morgan fingerprint density at radius 3 is 2.32 bits per heavy atom. The van der Waals surface area contributed by atoms with Gasteiger partial charge in [0, 0.05) is 13.6 Å². The van der Waals surface area contributed by atoms with Crippen LogP contribution in [0.3, 0.4) is 0 Å². The zero-order chi connectivity index (χ0) is 20.0. The maximum Gasteiger partial charge on any atom is 0.416 e. The van der Waals surface area contributed by atoms with Crippen LogP contribution in [0, 0.1) is 0 Å². The molecule has 1 heterocycles. The molecule has 5 nitrogen and oxygen atoms in total. The van der Waals surface area contributed by atoms with E-state index in [1.165, 1.54) is 12.1 Å². The molecule has 3 rings (SSSR count). The van der Waals surface area contributed by atoms with Crippen LogP contribution in [-0.2, 0) is 19.3 Å². The van der Waals surface area contributed by atoms with Gasteiger partial charge < -0.3 is 15.6 Å². The van der Waals surface area contributed by atoms with Crippen LogP contribution in [0.15, 0.2) is 65.8 Å². The summed E-state index contributed by atoms with van der Waals surface area (Å²) in [5, 5.41) is 6.19. The van der Waals surface area contributed by atoms with Crippen molar-refractivity contribution in [1.29, 1.82) is 0 Å². The third kappa shape index (κ3) is 5.12. The highest BCUT2D eigenvalue weighted by molar-refractivity contribution is 5.79. The molecule has 0 fully saturated rings. The van der Waals surface area contributed by atoms with Crippen LogP contribution < -0.4 is 10.6 Å². The first kappa shape index (κ1) is 19.5. The Balaban J connectivity index is 1.52. The fourth-order valence-corrected chi connectivity index (χ4v) is 2.60. The number of benzene rings is 2. The molecule has 0 unspecified atom stereocenters. The average molecular weight is 387 g/mol. The maximum atomic E-state index is 12.6. The predicted molar refractivity (Wildman–Crippen MR) is 103 cm³/mol. The highest BCUT2D eigenvalue weighted by atomic mass is 19.4. The Labute approximate surface area is 160 Å². The number of rotatable bonds is 5. The number of hydrogen-bond donors (Lipinski definition) is 3. The van der Waals surface area contributed by atoms with E-state index < -0.39 is 11.7 Å². The normalized spacial score (nSPS) is 12.1. The van der Waals surface area contributed by atoms with E-state index in [4.69, 9.17) is 0 Å². The summed E-state index contributed by atoms with van der Waals surface area (Å²) in [6, 6.07) is 14.9. The lowest BCUT2D eigenvalue weighted by atomic mass is 10.1. The molecule has 0 radical (unpaired) electrons. The number of aromatic amines is 1. The number of nitrogens with one attached hydrogen (secondary N) is 3. The van der Waals surface area contributed by atoms with Gasteiger partial charge in [0.15, 0.2) is 5.96 Å². The van der Waals surface area contributed by atoms with E-state index in [1.54, 1.807) is 13.2 Å². The smallest absolute Gasteiger partial charge is 0.352 e. The van der Waals surface area contributed by atoms with E-state index in [0.29, 0.717) is 19.0 Å². The van der Waals surface area contributed by atoms with Crippen LogP contribution in [0.1, 0.15) is 17.0 Å². The molecular weight excluding hydrogens is 367 g/mol. The van der Waals surface area contributed by atoms with Crippen molar-refractivity contribution in [1.82, 2.24) is 20.6 Å². The summed E-state index contributed by atoms with van der Waals surface area (Å²) in [5.41, 5.74) is 2.03. The van der Waals surface area contributed by atoms with Gasteiger partial charge in [-0.3, -0.25) is 4.99 Å². The molecule has 0 aliphatic heterocycles. The minimum atomic E-state index is -4.33. The molecule has 146 valence electrons. The number of imidazole rings is 1. The quantitative estimate of drug-likeness (QED) is 0.459. The van der Waals surface area contributed by atoms with Gasteiger partial charge in [-0.2, -0.15) is 13.2 Å². The molecule has 3 aromatic rings. The molecule has 0 saturated carbocycles. The SMILES string of the molecule is CN=C(NCc1ccc(C(F)(F)F)cc1)NCc1ncc(-c2ccccc2)[nH]1. The van der Waals surface area contributed by atoms with Gasteiger partial charge in [0.1, 0.15) is 5.82 Å². The van der Waals surface area contributed by atoms with Gasteiger partial charge in [-0.25, -0.2) is 4.98 Å². The van der Waals surface area contributed by atoms with E-state index >= 15 is 0 Å². The number of alkyl halides is 3. The molecule has 3 N–H and O–H groups in total. The first-order valence-electron chi connectivity index (χ1n) is 8.65. The second-order valence-corrected chi connectivity index (χ2v) is 6.08. The topological polar surface area (TPSA) is 65.1 Å². The lowest BCUT2D eigenvalue weighted by molar-refractivity contribution is -0.137. The van der Waals surface area contributed by atoms with Crippen molar-refractivity contribution in [2.24, 2.45) is 4.99 Å². The summed E-state index contributed by atoms with van der Waals surface area (Å²) in [6.07, 6.45) is -2.56. The number of nitrogens with zero attached hydrogens (tertiary/aromatic N) is 2. The number of guanidine groups is 1. The highest BCUT2D eigenvalue weighted by Gasteiger charge is 2.29. The standard InChI is InChI=1S/C20H20F3N5/c1-24-19(26-11-14-7-9-16(10-8-14)20(21,22)23)27-13-18-25-12-17(28-18)15-5-3-2-4-6-15/h2-10,12H,11,13H2,1H3,(H,25,28)(H2,24,26,27). The van der Waals surface area contributed by atoms with Gasteiger partial charge in [-0.1, -0.05) is 42.5 Å². The average Bonchev–Trinajstić information content (AvgIpc) is 3.17. The lowest BCUT2D eigenvalue weighted by Crippen LogP contribution is -2.36.